The molecule has 8 nitrogen and oxygen atoms in total. The number of rotatable bonds is 4. The van der Waals surface area contributed by atoms with Gasteiger partial charge in [0.25, 0.3) is 5.91 Å². The number of amides is 1. The Hall–Kier alpha value is -3.52. The Labute approximate surface area is 167 Å². The van der Waals surface area contributed by atoms with Crippen molar-refractivity contribution in [1.82, 2.24) is 29.0 Å². The number of pyridine rings is 2. The van der Waals surface area contributed by atoms with Crippen molar-refractivity contribution < 1.29 is 4.79 Å². The van der Waals surface area contributed by atoms with Gasteiger partial charge in [-0.25, -0.2) is 14.6 Å². The molecule has 0 radical (unpaired) electrons. The minimum absolute atomic E-state index is 0.209. The Morgan fingerprint density at radius 1 is 1.21 bits per heavy atom. The average Bonchev–Trinajstić information content (AvgIpc) is 3.48. The van der Waals surface area contributed by atoms with E-state index in [9.17, 15) is 4.79 Å². The zero-order valence-electron chi connectivity index (χ0n) is 16.1. The highest BCUT2D eigenvalue weighted by molar-refractivity contribution is 6.04. The molecule has 0 spiro atoms. The lowest BCUT2D eigenvalue weighted by atomic mass is 10.2. The lowest BCUT2D eigenvalue weighted by molar-refractivity contribution is 0.102. The maximum atomic E-state index is 12.6. The first-order valence-electron chi connectivity index (χ1n) is 9.64. The molecule has 0 saturated carbocycles. The SMILES string of the molecule is CN1CCCC1c1cn2cc(NC(=O)c3ccc(-n4cccn4)nc3)ccc2n1. The zero-order chi connectivity index (χ0) is 19.8. The molecular weight excluding hydrogens is 366 g/mol. The highest BCUT2D eigenvalue weighted by Gasteiger charge is 2.24. The summed E-state index contributed by atoms with van der Waals surface area (Å²) in [5.41, 5.74) is 3.15. The molecule has 4 aromatic rings. The lowest BCUT2D eigenvalue weighted by Gasteiger charge is -2.16. The third-order valence-corrected chi connectivity index (χ3v) is 5.34. The fraction of sp³-hybridized carbons (Fsp3) is 0.238. The first-order valence-corrected chi connectivity index (χ1v) is 9.64. The van der Waals surface area contributed by atoms with Crippen molar-refractivity contribution >= 4 is 17.2 Å². The van der Waals surface area contributed by atoms with E-state index in [1.807, 2.05) is 28.8 Å². The van der Waals surface area contributed by atoms with E-state index < -0.39 is 0 Å². The van der Waals surface area contributed by atoms with Crippen molar-refractivity contribution in [3.8, 4) is 5.82 Å². The molecule has 0 aromatic carbocycles. The molecule has 5 rings (SSSR count). The number of aromatic nitrogens is 5. The van der Waals surface area contributed by atoms with Crippen LogP contribution in [0.3, 0.4) is 0 Å². The Kier molecular flexibility index (Phi) is 4.33. The fourth-order valence-electron chi connectivity index (χ4n) is 3.79. The summed E-state index contributed by atoms with van der Waals surface area (Å²) >= 11 is 0. The molecule has 1 aliphatic heterocycles. The number of carbonyl (C=O) groups is 1. The highest BCUT2D eigenvalue weighted by atomic mass is 16.1. The number of imidazole rings is 1. The quantitative estimate of drug-likeness (QED) is 0.582. The first-order chi connectivity index (χ1) is 14.2. The van der Waals surface area contributed by atoms with Crippen LogP contribution in [0.5, 0.6) is 0 Å². The van der Waals surface area contributed by atoms with Crippen LogP contribution in [-0.4, -0.2) is 48.5 Å². The number of carbonyl (C=O) groups excluding carboxylic acids is 1. The minimum atomic E-state index is -0.209. The largest absolute Gasteiger partial charge is 0.321 e. The van der Waals surface area contributed by atoms with Crippen molar-refractivity contribution in [3.05, 3.63) is 72.6 Å². The van der Waals surface area contributed by atoms with Gasteiger partial charge in [-0.15, -0.1) is 0 Å². The molecule has 1 atom stereocenters. The Morgan fingerprint density at radius 2 is 2.14 bits per heavy atom. The van der Waals surface area contributed by atoms with Crippen LogP contribution in [0.25, 0.3) is 11.5 Å². The van der Waals surface area contributed by atoms with Crippen LogP contribution in [0.1, 0.15) is 34.9 Å². The molecule has 5 heterocycles. The second kappa shape index (κ2) is 7.14. The van der Waals surface area contributed by atoms with Crippen molar-refractivity contribution in [2.45, 2.75) is 18.9 Å². The van der Waals surface area contributed by atoms with Gasteiger partial charge in [-0.05, 0) is 56.8 Å². The van der Waals surface area contributed by atoms with Crippen LogP contribution in [0.2, 0.25) is 0 Å². The summed E-state index contributed by atoms with van der Waals surface area (Å²) in [5, 5.41) is 7.07. The van der Waals surface area contributed by atoms with Crippen molar-refractivity contribution in [2.75, 3.05) is 18.9 Å². The molecule has 8 heteroatoms. The van der Waals surface area contributed by atoms with E-state index in [0.717, 1.165) is 24.3 Å². The number of hydrogen-bond acceptors (Lipinski definition) is 5. The van der Waals surface area contributed by atoms with Gasteiger partial charge in [-0.1, -0.05) is 0 Å². The van der Waals surface area contributed by atoms with Crippen LogP contribution in [-0.2, 0) is 0 Å². The summed E-state index contributed by atoms with van der Waals surface area (Å²) in [4.78, 5) is 24.0. The van der Waals surface area contributed by atoms with E-state index in [1.165, 1.54) is 6.42 Å². The molecule has 4 aromatic heterocycles. The Balaban J connectivity index is 1.33. The third kappa shape index (κ3) is 3.38. The van der Waals surface area contributed by atoms with Crippen LogP contribution in [0, 0.1) is 0 Å². The number of anilines is 1. The molecule has 1 amide bonds. The summed E-state index contributed by atoms with van der Waals surface area (Å²) in [6.45, 7) is 1.10. The number of fused-ring (bicyclic) bond motifs is 1. The van der Waals surface area contributed by atoms with E-state index in [0.29, 0.717) is 23.1 Å². The van der Waals surface area contributed by atoms with Crippen LogP contribution in [0.15, 0.2) is 61.3 Å². The van der Waals surface area contributed by atoms with Gasteiger partial charge in [-0.3, -0.25) is 9.69 Å². The molecular formula is C21H21N7O. The normalized spacial score (nSPS) is 17.1. The summed E-state index contributed by atoms with van der Waals surface area (Å²) in [6, 6.07) is 9.49. The molecule has 1 aliphatic rings. The highest BCUT2D eigenvalue weighted by Crippen LogP contribution is 2.30. The molecule has 1 saturated heterocycles. The predicted octanol–water partition coefficient (Wildman–Crippen LogP) is 2.93. The monoisotopic (exact) mass is 387 g/mol. The maximum absolute atomic E-state index is 12.6. The first kappa shape index (κ1) is 17.6. The van der Waals surface area contributed by atoms with Crippen molar-refractivity contribution in [3.63, 3.8) is 0 Å². The second-order valence-electron chi connectivity index (χ2n) is 7.30. The van der Waals surface area contributed by atoms with Gasteiger partial charge in [0, 0.05) is 31.0 Å². The average molecular weight is 387 g/mol. The third-order valence-electron chi connectivity index (χ3n) is 5.34. The van der Waals surface area contributed by atoms with Crippen molar-refractivity contribution in [2.24, 2.45) is 0 Å². The van der Waals surface area contributed by atoms with Crippen LogP contribution in [0.4, 0.5) is 5.69 Å². The van der Waals surface area contributed by atoms with Gasteiger partial charge < -0.3 is 9.72 Å². The van der Waals surface area contributed by atoms with E-state index in [1.54, 1.807) is 35.4 Å². The second-order valence-corrected chi connectivity index (χ2v) is 7.30. The van der Waals surface area contributed by atoms with Gasteiger partial charge in [-0.2, -0.15) is 5.10 Å². The topological polar surface area (TPSA) is 80.4 Å². The van der Waals surface area contributed by atoms with Gasteiger partial charge >= 0.3 is 0 Å². The summed E-state index contributed by atoms with van der Waals surface area (Å²) in [5.74, 6) is 0.454. The molecule has 1 N–H and O–H groups in total. The predicted molar refractivity (Wildman–Crippen MR) is 109 cm³/mol. The van der Waals surface area contributed by atoms with Crippen LogP contribution >= 0.6 is 0 Å². The standard InChI is InChI=1S/C21H21N7O/c1-26-10-2-4-18(26)17-14-27-13-16(6-8-20(27)25-17)24-21(29)15-5-7-19(22-12-15)28-11-3-9-23-28/h3,5-9,11-14,18H,2,4,10H2,1H3,(H,24,29). The van der Waals surface area contributed by atoms with Gasteiger partial charge in [0.2, 0.25) is 0 Å². The molecule has 1 unspecified atom stereocenters. The molecule has 29 heavy (non-hydrogen) atoms. The molecule has 1 fully saturated rings. The number of likely N-dealkylation sites (tertiary alicyclic amines) is 1. The van der Waals surface area contributed by atoms with E-state index in [-0.39, 0.29) is 5.91 Å². The zero-order valence-corrected chi connectivity index (χ0v) is 16.1. The number of nitrogens with zero attached hydrogens (tertiary/aromatic N) is 6. The minimum Gasteiger partial charge on any atom is -0.321 e. The lowest BCUT2D eigenvalue weighted by Crippen LogP contribution is -2.17. The van der Waals surface area contributed by atoms with Crippen molar-refractivity contribution in [1.29, 1.82) is 0 Å². The van der Waals surface area contributed by atoms with E-state index in [2.05, 4.69) is 33.5 Å². The maximum Gasteiger partial charge on any atom is 0.257 e. The fourth-order valence-corrected chi connectivity index (χ4v) is 3.79. The Morgan fingerprint density at radius 3 is 2.86 bits per heavy atom. The van der Waals surface area contributed by atoms with Gasteiger partial charge in [0.15, 0.2) is 5.82 Å². The van der Waals surface area contributed by atoms with Gasteiger partial charge in [0.1, 0.15) is 5.65 Å². The van der Waals surface area contributed by atoms with Crippen LogP contribution < -0.4 is 5.32 Å². The summed E-state index contributed by atoms with van der Waals surface area (Å²) in [7, 11) is 2.14. The Bertz CT molecular complexity index is 1150. The van der Waals surface area contributed by atoms with E-state index in [4.69, 9.17) is 4.98 Å². The number of hydrogen-bond donors (Lipinski definition) is 1. The molecule has 146 valence electrons. The van der Waals surface area contributed by atoms with E-state index >= 15 is 0 Å². The molecule has 0 aliphatic carbocycles. The van der Waals surface area contributed by atoms with Gasteiger partial charge in [0.05, 0.1) is 23.0 Å². The summed E-state index contributed by atoms with van der Waals surface area (Å²) in [6.07, 6.45) is 11.3. The smallest absolute Gasteiger partial charge is 0.257 e. The summed E-state index contributed by atoms with van der Waals surface area (Å²) < 4.78 is 3.62. The number of nitrogens with one attached hydrogen (secondary N) is 1. The molecule has 0 bridgehead atoms.